The van der Waals surface area contributed by atoms with Gasteiger partial charge >= 0.3 is 5.97 Å². The van der Waals surface area contributed by atoms with E-state index in [0.29, 0.717) is 6.54 Å². The van der Waals surface area contributed by atoms with Crippen LogP contribution in [0.15, 0.2) is 0 Å². The summed E-state index contributed by atoms with van der Waals surface area (Å²) < 4.78 is 0. The van der Waals surface area contributed by atoms with E-state index in [1.165, 1.54) is 6.42 Å². The number of nitrogens with one attached hydrogen (secondary N) is 1. The molecular weight excluding hydrogens is 232 g/mol. The van der Waals surface area contributed by atoms with E-state index in [1.54, 1.807) is 0 Å². The van der Waals surface area contributed by atoms with Crippen molar-refractivity contribution in [3.63, 3.8) is 0 Å². The molecule has 0 aromatic rings. The zero-order valence-electron chi connectivity index (χ0n) is 11.3. The Morgan fingerprint density at radius 2 is 1.89 bits per heavy atom. The highest BCUT2D eigenvalue weighted by Crippen LogP contribution is 2.10. The van der Waals surface area contributed by atoms with Crippen LogP contribution >= 0.6 is 0 Å². The topological polar surface area (TPSA) is 69.6 Å². The zero-order chi connectivity index (χ0) is 13.5. The third-order valence-corrected chi connectivity index (χ3v) is 3.61. The molecule has 0 bridgehead atoms. The van der Waals surface area contributed by atoms with Crippen molar-refractivity contribution in [3.05, 3.63) is 0 Å². The van der Waals surface area contributed by atoms with Crippen molar-refractivity contribution >= 4 is 11.9 Å². The highest BCUT2D eigenvalue weighted by atomic mass is 16.4. The fourth-order valence-electron chi connectivity index (χ4n) is 2.22. The minimum atomic E-state index is -0.948. The van der Waals surface area contributed by atoms with Crippen LogP contribution in [-0.4, -0.2) is 47.6 Å². The Kier molecular flexibility index (Phi) is 6.12. The van der Waals surface area contributed by atoms with E-state index in [2.05, 4.69) is 10.2 Å². The predicted molar refractivity (Wildman–Crippen MR) is 69.3 cm³/mol. The number of carbonyl (C=O) groups excluding carboxylic acids is 1. The van der Waals surface area contributed by atoms with Crippen LogP contribution in [0.1, 0.15) is 39.5 Å². The Labute approximate surface area is 109 Å². The zero-order valence-corrected chi connectivity index (χ0v) is 11.3. The van der Waals surface area contributed by atoms with E-state index in [9.17, 15) is 9.59 Å². The van der Waals surface area contributed by atoms with Crippen molar-refractivity contribution in [1.29, 1.82) is 0 Å². The Morgan fingerprint density at radius 3 is 2.39 bits per heavy atom. The summed E-state index contributed by atoms with van der Waals surface area (Å²) in [5, 5.41) is 11.7. The molecule has 2 atom stereocenters. The third-order valence-electron chi connectivity index (χ3n) is 3.61. The minimum Gasteiger partial charge on any atom is -0.480 e. The number of carbonyl (C=O) groups is 2. The van der Waals surface area contributed by atoms with Gasteiger partial charge in [0, 0.05) is 0 Å². The number of likely N-dealkylation sites (tertiary alicyclic amines) is 1. The van der Waals surface area contributed by atoms with E-state index in [1.807, 2.05) is 13.8 Å². The van der Waals surface area contributed by atoms with Gasteiger partial charge in [0.15, 0.2) is 0 Å². The number of amides is 1. The molecule has 1 aliphatic rings. The predicted octanol–water partition coefficient (Wildman–Crippen LogP) is 1.09. The Hall–Kier alpha value is -1.10. The van der Waals surface area contributed by atoms with Gasteiger partial charge in [0.1, 0.15) is 6.04 Å². The van der Waals surface area contributed by atoms with Crippen LogP contribution in [0.25, 0.3) is 0 Å². The second-order valence-corrected chi connectivity index (χ2v) is 5.11. The molecule has 1 saturated heterocycles. The second-order valence-electron chi connectivity index (χ2n) is 5.11. The first-order valence-corrected chi connectivity index (χ1v) is 6.79. The molecule has 18 heavy (non-hydrogen) atoms. The van der Waals surface area contributed by atoms with Crippen molar-refractivity contribution in [2.24, 2.45) is 5.92 Å². The summed E-state index contributed by atoms with van der Waals surface area (Å²) in [6.45, 7) is 5.97. The van der Waals surface area contributed by atoms with Gasteiger partial charge in [-0.15, -0.1) is 0 Å². The molecule has 0 aromatic heterocycles. The van der Waals surface area contributed by atoms with Gasteiger partial charge in [-0.1, -0.05) is 26.7 Å². The highest BCUT2D eigenvalue weighted by Gasteiger charge is 2.26. The SMILES string of the molecule is CCC(C)C(NC(=O)CN1CCCCC1)C(=O)O. The fraction of sp³-hybridized carbons (Fsp3) is 0.846. The second kappa shape index (κ2) is 7.36. The van der Waals surface area contributed by atoms with Gasteiger partial charge in [0.25, 0.3) is 0 Å². The summed E-state index contributed by atoms with van der Waals surface area (Å²) in [5.74, 6) is -1.17. The van der Waals surface area contributed by atoms with E-state index in [0.717, 1.165) is 32.4 Å². The number of carboxylic acids is 1. The first kappa shape index (κ1) is 15.0. The van der Waals surface area contributed by atoms with Crippen LogP contribution in [0.4, 0.5) is 0 Å². The summed E-state index contributed by atoms with van der Waals surface area (Å²) >= 11 is 0. The quantitative estimate of drug-likeness (QED) is 0.746. The molecule has 5 nitrogen and oxygen atoms in total. The molecule has 1 aliphatic heterocycles. The van der Waals surface area contributed by atoms with Crippen molar-refractivity contribution < 1.29 is 14.7 Å². The van der Waals surface area contributed by atoms with E-state index < -0.39 is 12.0 Å². The van der Waals surface area contributed by atoms with Crippen LogP contribution < -0.4 is 5.32 Å². The van der Waals surface area contributed by atoms with Gasteiger partial charge in [-0.25, -0.2) is 4.79 Å². The summed E-state index contributed by atoms with van der Waals surface area (Å²) in [7, 11) is 0. The van der Waals surface area contributed by atoms with Crippen LogP contribution in [0.2, 0.25) is 0 Å². The maximum absolute atomic E-state index is 11.8. The summed E-state index contributed by atoms with van der Waals surface area (Å²) in [6.07, 6.45) is 4.21. The number of hydrogen-bond acceptors (Lipinski definition) is 3. The third kappa shape index (κ3) is 4.64. The number of hydrogen-bond donors (Lipinski definition) is 2. The Bertz CT molecular complexity index is 288. The lowest BCUT2D eigenvalue weighted by molar-refractivity contribution is -0.143. The van der Waals surface area contributed by atoms with Crippen LogP contribution in [0.5, 0.6) is 0 Å². The molecule has 104 valence electrons. The number of nitrogens with zero attached hydrogens (tertiary/aromatic N) is 1. The number of rotatable bonds is 6. The molecule has 5 heteroatoms. The first-order valence-electron chi connectivity index (χ1n) is 6.79. The van der Waals surface area contributed by atoms with Crippen molar-refractivity contribution in [2.45, 2.75) is 45.6 Å². The standard InChI is InChI=1S/C13H24N2O3/c1-3-10(2)12(13(17)18)14-11(16)9-15-7-5-4-6-8-15/h10,12H,3-9H2,1-2H3,(H,14,16)(H,17,18). The Morgan fingerprint density at radius 1 is 1.28 bits per heavy atom. The average Bonchev–Trinajstić information content (AvgIpc) is 2.36. The molecule has 1 fully saturated rings. The van der Waals surface area contributed by atoms with Gasteiger partial charge in [-0.3, -0.25) is 9.69 Å². The molecule has 0 radical (unpaired) electrons. The normalized spacial score (nSPS) is 20.1. The largest absolute Gasteiger partial charge is 0.480 e. The molecule has 1 rings (SSSR count). The van der Waals surface area contributed by atoms with E-state index >= 15 is 0 Å². The molecule has 1 amide bonds. The van der Waals surface area contributed by atoms with Crippen LogP contribution in [0, 0.1) is 5.92 Å². The van der Waals surface area contributed by atoms with Gasteiger partial charge in [0.05, 0.1) is 6.54 Å². The van der Waals surface area contributed by atoms with Crippen LogP contribution in [-0.2, 0) is 9.59 Å². The molecule has 2 N–H and O–H groups in total. The van der Waals surface area contributed by atoms with Crippen LogP contribution in [0.3, 0.4) is 0 Å². The maximum Gasteiger partial charge on any atom is 0.326 e. The number of aliphatic carboxylic acids is 1. The summed E-state index contributed by atoms with van der Waals surface area (Å²) in [6, 6.07) is -0.771. The van der Waals surface area contributed by atoms with Gasteiger partial charge in [-0.05, 0) is 31.8 Å². The number of carboxylic acid groups (broad SMARTS) is 1. The molecule has 0 aromatic carbocycles. The molecule has 0 spiro atoms. The molecular formula is C13H24N2O3. The van der Waals surface area contributed by atoms with Gasteiger partial charge in [0.2, 0.25) is 5.91 Å². The molecule has 0 saturated carbocycles. The molecule has 1 heterocycles. The fourth-order valence-corrected chi connectivity index (χ4v) is 2.22. The lowest BCUT2D eigenvalue weighted by atomic mass is 9.99. The molecule has 2 unspecified atom stereocenters. The van der Waals surface area contributed by atoms with Crippen molar-refractivity contribution in [1.82, 2.24) is 10.2 Å². The Balaban J connectivity index is 2.42. The monoisotopic (exact) mass is 256 g/mol. The summed E-state index contributed by atoms with van der Waals surface area (Å²) in [4.78, 5) is 25.0. The maximum atomic E-state index is 11.8. The highest BCUT2D eigenvalue weighted by molar-refractivity contribution is 5.84. The smallest absolute Gasteiger partial charge is 0.326 e. The number of piperidine rings is 1. The van der Waals surface area contributed by atoms with Crippen molar-refractivity contribution in [2.75, 3.05) is 19.6 Å². The molecule has 0 aliphatic carbocycles. The van der Waals surface area contributed by atoms with Crippen molar-refractivity contribution in [3.8, 4) is 0 Å². The minimum absolute atomic E-state index is 0.0483. The van der Waals surface area contributed by atoms with E-state index in [4.69, 9.17) is 5.11 Å². The average molecular weight is 256 g/mol. The first-order chi connectivity index (χ1) is 8.54. The van der Waals surface area contributed by atoms with Gasteiger partial charge < -0.3 is 10.4 Å². The summed E-state index contributed by atoms with van der Waals surface area (Å²) in [5.41, 5.74) is 0. The lowest BCUT2D eigenvalue weighted by Gasteiger charge is -2.27. The van der Waals surface area contributed by atoms with E-state index in [-0.39, 0.29) is 11.8 Å². The lowest BCUT2D eigenvalue weighted by Crippen LogP contribution is -2.49. The van der Waals surface area contributed by atoms with Gasteiger partial charge in [-0.2, -0.15) is 0 Å².